The maximum absolute atomic E-state index is 12.8. The lowest BCUT2D eigenvalue weighted by Gasteiger charge is -2.13. The molecule has 0 aliphatic carbocycles. The van der Waals surface area contributed by atoms with Gasteiger partial charge in [-0.05, 0) is 37.3 Å². The van der Waals surface area contributed by atoms with E-state index in [9.17, 15) is 28.1 Å². The minimum absolute atomic E-state index is 0.0117. The summed E-state index contributed by atoms with van der Waals surface area (Å²) >= 11 is 5.88. The van der Waals surface area contributed by atoms with Crippen LogP contribution >= 0.6 is 11.6 Å². The molecule has 2 rings (SSSR count). The number of nitro benzene ring substituents is 1. The highest BCUT2D eigenvalue weighted by atomic mass is 35.5. The Kier molecular flexibility index (Phi) is 8.00. The van der Waals surface area contributed by atoms with Gasteiger partial charge in [-0.3, -0.25) is 10.1 Å². The van der Waals surface area contributed by atoms with Crippen LogP contribution in [0.15, 0.2) is 41.6 Å². The first-order valence-corrected chi connectivity index (χ1v) is 9.09. The zero-order chi connectivity index (χ0) is 24.1. The molecule has 0 heterocycles. The van der Waals surface area contributed by atoms with Gasteiger partial charge in [0.1, 0.15) is 17.2 Å². The summed E-state index contributed by atoms with van der Waals surface area (Å²) in [6.07, 6.45) is -5.94. The highest BCUT2D eigenvalue weighted by Gasteiger charge is 2.31. The smallest absolute Gasteiger partial charge is 0.416 e. The highest BCUT2D eigenvalue weighted by molar-refractivity contribution is 6.32. The van der Waals surface area contributed by atoms with Crippen molar-refractivity contribution in [2.24, 2.45) is 5.16 Å². The molecule has 0 bridgehead atoms. The molecule has 1 N–H and O–H groups in total. The Morgan fingerprint density at radius 2 is 1.97 bits per heavy atom. The molecule has 32 heavy (non-hydrogen) atoms. The first-order chi connectivity index (χ1) is 14.9. The van der Waals surface area contributed by atoms with E-state index in [0.29, 0.717) is 6.07 Å². The van der Waals surface area contributed by atoms with E-state index in [1.807, 2.05) is 0 Å². The van der Waals surface area contributed by atoms with Crippen LogP contribution in [0.25, 0.3) is 0 Å². The van der Waals surface area contributed by atoms with Gasteiger partial charge in [0.25, 0.3) is 5.69 Å². The molecule has 0 spiro atoms. The van der Waals surface area contributed by atoms with Gasteiger partial charge in [-0.2, -0.15) is 13.2 Å². The fourth-order valence-corrected chi connectivity index (χ4v) is 2.55. The number of benzene rings is 2. The van der Waals surface area contributed by atoms with Gasteiger partial charge in [0.2, 0.25) is 6.10 Å². The van der Waals surface area contributed by atoms with Crippen molar-refractivity contribution in [3.63, 3.8) is 0 Å². The number of carboxylic acids is 1. The van der Waals surface area contributed by atoms with E-state index in [2.05, 4.69) is 5.16 Å². The Hall–Kier alpha value is -3.38. The van der Waals surface area contributed by atoms with E-state index >= 15 is 0 Å². The number of methoxy groups -OCH3 is 1. The lowest BCUT2D eigenvalue weighted by Crippen LogP contribution is -2.20. The Bertz CT molecular complexity index is 1040. The van der Waals surface area contributed by atoms with Crippen molar-refractivity contribution in [1.82, 2.24) is 0 Å². The van der Waals surface area contributed by atoms with E-state index in [-0.39, 0.29) is 34.4 Å². The van der Waals surface area contributed by atoms with Crippen molar-refractivity contribution in [2.45, 2.75) is 19.2 Å². The second kappa shape index (κ2) is 10.3. The predicted molar refractivity (Wildman–Crippen MR) is 106 cm³/mol. The Morgan fingerprint density at radius 3 is 2.50 bits per heavy atom. The average Bonchev–Trinajstić information content (AvgIpc) is 2.71. The number of nitrogens with zero attached hydrogens (tertiary/aromatic N) is 2. The molecular weight excluding hydrogens is 461 g/mol. The molecule has 1 unspecified atom stereocenters. The molecule has 0 aliphatic heterocycles. The van der Waals surface area contributed by atoms with Crippen LogP contribution in [-0.2, 0) is 20.5 Å². The quantitative estimate of drug-likeness (QED) is 0.310. The molecule has 172 valence electrons. The van der Waals surface area contributed by atoms with Gasteiger partial charge in [0, 0.05) is 13.2 Å². The fraction of sp³-hybridized carbons (Fsp3) is 0.263. The SMILES string of the molecule is COCC(=NOC(C)C(=O)O)c1cc(Oc2ccc(C(F)(F)F)cc2Cl)ccc1[N+](=O)[O-]. The summed E-state index contributed by atoms with van der Waals surface area (Å²) < 4.78 is 48.9. The number of ether oxygens (including phenoxy) is 2. The number of carboxylic acid groups (broad SMARTS) is 1. The molecule has 13 heteroatoms. The van der Waals surface area contributed by atoms with Crippen molar-refractivity contribution in [3.8, 4) is 11.5 Å². The van der Waals surface area contributed by atoms with E-state index in [1.165, 1.54) is 26.2 Å². The number of hydrogen-bond acceptors (Lipinski definition) is 7. The largest absolute Gasteiger partial charge is 0.478 e. The molecule has 0 amide bonds. The summed E-state index contributed by atoms with van der Waals surface area (Å²) in [4.78, 5) is 26.5. The normalized spacial score (nSPS) is 12.9. The third kappa shape index (κ3) is 6.31. The van der Waals surface area contributed by atoms with Gasteiger partial charge in [0.15, 0.2) is 0 Å². The molecule has 0 fully saturated rings. The lowest BCUT2D eigenvalue weighted by atomic mass is 10.1. The van der Waals surface area contributed by atoms with Gasteiger partial charge in [0.05, 0.1) is 27.7 Å². The van der Waals surface area contributed by atoms with E-state index in [0.717, 1.165) is 18.2 Å². The number of nitro groups is 1. The number of oxime groups is 1. The second-order valence-electron chi connectivity index (χ2n) is 6.24. The average molecular weight is 477 g/mol. The van der Waals surface area contributed by atoms with Crippen LogP contribution in [0.4, 0.5) is 18.9 Å². The van der Waals surface area contributed by atoms with Crippen molar-refractivity contribution < 1.29 is 42.3 Å². The van der Waals surface area contributed by atoms with Crippen molar-refractivity contribution in [1.29, 1.82) is 0 Å². The fourth-order valence-electron chi connectivity index (χ4n) is 2.33. The number of carbonyl (C=O) groups is 1. The van der Waals surface area contributed by atoms with Gasteiger partial charge in [-0.25, -0.2) is 4.79 Å². The molecule has 9 nitrogen and oxygen atoms in total. The van der Waals surface area contributed by atoms with Crippen LogP contribution in [-0.4, -0.2) is 41.5 Å². The molecule has 0 saturated heterocycles. The zero-order valence-corrected chi connectivity index (χ0v) is 17.3. The minimum Gasteiger partial charge on any atom is -0.478 e. The number of alkyl halides is 3. The van der Waals surface area contributed by atoms with Crippen molar-refractivity contribution in [2.75, 3.05) is 13.7 Å². The molecule has 2 aromatic carbocycles. The van der Waals surface area contributed by atoms with Crippen LogP contribution in [0.3, 0.4) is 0 Å². The molecule has 0 saturated carbocycles. The first-order valence-electron chi connectivity index (χ1n) is 8.72. The Balaban J connectivity index is 2.45. The maximum atomic E-state index is 12.8. The van der Waals surface area contributed by atoms with Crippen molar-refractivity contribution in [3.05, 3.63) is 62.7 Å². The predicted octanol–water partition coefficient (Wildman–Crippen LogP) is 4.90. The number of hydrogen-bond donors (Lipinski definition) is 1. The van der Waals surface area contributed by atoms with Gasteiger partial charge < -0.3 is 19.4 Å². The summed E-state index contributed by atoms with van der Waals surface area (Å²) in [5.74, 6) is -1.45. The van der Waals surface area contributed by atoms with E-state index < -0.39 is 34.4 Å². The monoisotopic (exact) mass is 476 g/mol. The summed E-state index contributed by atoms with van der Waals surface area (Å²) in [5.41, 5.74) is -1.62. The van der Waals surface area contributed by atoms with E-state index in [4.69, 9.17) is 31.0 Å². The molecular formula is C19H16ClF3N2O7. The summed E-state index contributed by atoms with van der Waals surface area (Å²) in [6, 6.07) is 5.93. The van der Waals surface area contributed by atoms with Crippen LogP contribution in [0.5, 0.6) is 11.5 Å². The van der Waals surface area contributed by atoms with Crippen LogP contribution in [0.2, 0.25) is 5.02 Å². The molecule has 0 radical (unpaired) electrons. The van der Waals surface area contributed by atoms with Crippen molar-refractivity contribution >= 4 is 29.0 Å². The Morgan fingerprint density at radius 1 is 1.28 bits per heavy atom. The number of halogens is 4. The highest BCUT2D eigenvalue weighted by Crippen LogP contribution is 2.37. The third-order valence-corrected chi connectivity index (χ3v) is 4.21. The van der Waals surface area contributed by atoms with Crippen LogP contribution < -0.4 is 4.74 Å². The maximum Gasteiger partial charge on any atom is 0.416 e. The van der Waals surface area contributed by atoms with Crippen LogP contribution in [0, 0.1) is 10.1 Å². The first kappa shape index (κ1) is 24.9. The minimum atomic E-state index is -4.60. The molecule has 1 atom stereocenters. The third-order valence-electron chi connectivity index (χ3n) is 3.91. The molecule has 0 aliphatic rings. The summed E-state index contributed by atoms with van der Waals surface area (Å²) in [7, 11) is 1.28. The topological polar surface area (TPSA) is 120 Å². The lowest BCUT2D eigenvalue weighted by molar-refractivity contribution is -0.385. The summed E-state index contributed by atoms with van der Waals surface area (Å²) in [6.45, 7) is 0.925. The number of rotatable bonds is 9. The number of aliphatic carboxylic acids is 1. The van der Waals surface area contributed by atoms with Crippen LogP contribution in [0.1, 0.15) is 18.1 Å². The summed E-state index contributed by atoms with van der Waals surface area (Å²) in [5, 5.41) is 23.7. The Labute approximate surface area is 184 Å². The van der Waals surface area contributed by atoms with Gasteiger partial charge >= 0.3 is 12.1 Å². The van der Waals surface area contributed by atoms with Gasteiger partial charge in [-0.15, -0.1) is 0 Å². The standard InChI is InChI=1S/C19H16ClF3N2O7/c1-10(18(26)27)32-24-15(9-30-2)13-8-12(4-5-16(13)25(28)29)31-17-6-3-11(7-14(17)20)19(21,22)23/h3-8,10H,9H2,1-2H3,(H,26,27). The van der Waals surface area contributed by atoms with Gasteiger partial charge in [-0.1, -0.05) is 16.8 Å². The molecule has 0 aromatic heterocycles. The second-order valence-corrected chi connectivity index (χ2v) is 6.65. The molecule has 2 aromatic rings. The van der Waals surface area contributed by atoms with E-state index in [1.54, 1.807) is 0 Å². The zero-order valence-electron chi connectivity index (χ0n) is 16.6.